The van der Waals surface area contributed by atoms with Gasteiger partial charge in [0.1, 0.15) is 5.75 Å². The second kappa shape index (κ2) is 12.9. The van der Waals surface area contributed by atoms with Crippen LogP contribution in [0, 0.1) is 0 Å². The second-order valence-corrected chi connectivity index (χ2v) is 11.6. The van der Waals surface area contributed by atoms with Crippen LogP contribution in [0.3, 0.4) is 0 Å². The van der Waals surface area contributed by atoms with E-state index in [0.717, 1.165) is 22.9 Å². The Morgan fingerprint density at radius 1 is 1.00 bits per heavy atom. The fourth-order valence-corrected chi connectivity index (χ4v) is 6.32. The summed E-state index contributed by atoms with van der Waals surface area (Å²) in [6.45, 7) is 0.656. The summed E-state index contributed by atoms with van der Waals surface area (Å²) >= 11 is 0. The van der Waals surface area contributed by atoms with Gasteiger partial charge in [-0.3, -0.25) is 9.59 Å². The zero-order valence-corrected chi connectivity index (χ0v) is 25.4. The number of piperazine rings is 1. The molecule has 15 heteroatoms. The maximum atomic E-state index is 13.5. The van der Waals surface area contributed by atoms with Crippen LogP contribution in [0.15, 0.2) is 65.7 Å². The SMILES string of the molecule is COc1ccc(Cn2nc(CN(CCC(=O)N3C4CCC3CN(c3ncc(C(F)(F)F)cn3)C4)C(=O)O)c3ccccc3c2=O)cc1. The molecular weight excluding hydrogens is 619 g/mol. The number of methoxy groups -OCH3 is 1. The number of ether oxygens (including phenoxy) is 1. The Kier molecular flexibility index (Phi) is 8.71. The summed E-state index contributed by atoms with van der Waals surface area (Å²) in [5, 5.41) is 15.6. The van der Waals surface area contributed by atoms with E-state index in [1.807, 2.05) is 12.1 Å². The smallest absolute Gasteiger partial charge is 0.419 e. The van der Waals surface area contributed by atoms with Gasteiger partial charge < -0.3 is 24.5 Å². The number of hydrogen-bond donors (Lipinski definition) is 1. The van der Waals surface area contributed by atoms with E-state index in [4.69, 9.17) is 4.74 Å². The van der Waals surface area contributed by atoms with Crippen molar-refractivity contribution in [1.29, 1.82) is 0 Å². The molecule has 2 saturated heterocycles. The molecule has 1 N–H and O–H groups in total. The van der Waals surface area contributed by atoms with Crippen molar-refractivity contribution in [2.24, 2.45) is 0 Å². The number of carbonyl (C=O) groups is 2. The Balaban J connectivity index is 1.15. The lowest BCUT2D eigenvalue weighted by molar-refractivity contribution is -0.138. The normalized spacial score (nSPS) is 17.6. The minimum atomic E-state index is -4.53. The van der Waals surface area contributed by atoms with Gasteiger partial charge in [-0.25, -0.2) is 19.4 Å². The van der Waals surface area contributed by atoms with Gasteiger partial charge in [0, 0.05) is 55.9 Å². The summed E-state index contributed by atoms with van der Waals surface area (Å²) in [5.41, 5.74) is -0.0514. The highest BCUT2D eigenvalue weighted by Gasteiger charge is 2.43. The van der Waals surface area contributed by atoms with Crippen LogP contribution in [0.5, 0.6) is 5.75 Å². The van der Waals surface area contributed by atoms with Crippen LogP contribution in [0.4, 0.5) is 23.9 Å². The summed E-state index contributed by atoms with van der Waals surface area (Å²) in [6.07, 6.45) is -2.91. The summed E-state index contributed by atoms with van der Waals surface area (Å²) in [4.78, 5) is 51.6. The minimum Gasteiger partial charge on any atom is -0.497 e. The van der Waals surface area contributed by atoms with Gasteiger partial charge in [0.15, 0.2) is 0 Å². The number of alkyl halides is 3. The van der Waals surface area contributed by atoms with E-state index in [1.54, 1.807) is 53.3 Å². The first-order valence-electron chi connectivity index (χ1n) is 15.1. The molecule has 0 radical (unpaired) electrons. The van der Waals surface area contributed by atoms with Crippen molar-refractivity contribution in [2.45, 2.75) is 50.6 Å². The van der Waals surface area contributed by atoms with Crippen LogP contribution in [0.1, 0.15) is 36.1 Å². The van der Waals surface area contributed by atoms with E-state index in [0.29, 0.717) is 48.1 Å². The van der Waals surface area contributed by atoms with Gasteiger partial charge in [0.05, 0.1) is 36.8 Å². The van der Waals surface area contributed by atoms with Crippen LogP contribution in [0.25, 0.3) is 10.8 Å². The van der Waals surface area contributed by atoms with Gasteiger partial charge in [0.25, 0.3) is 5.56 Å². The molecule has 2 aromatic heterocycles. The lowest BCUT2D eigenvalue weighted by Gasteiger charge is -2.41. The standard InChI is InChI=1S/C32H32F3N7O5/c1-47-24-10-6-20(7-11-24)16-41-29(44)26-5-3-2-4-25(26)27(38-41)19-39(31(45)46)13-12-28(43)42-22-8-9-23(42)18-40(17-22)30-36-14-21(15-37-30)32(33,34)35/h2-7,10-11,14-15,22-23H,8-9,12-13,16-19H2,1H3,(H,45,46). The second-order valence-electron chi connectivity index (χ2n) is 11.6. The number of fused-ring (bicyclic) bond motifs is 3. The predicted octanol–water partition coefficient (Wildman–Crippen LogP) is 4.01. The number of aromatic nitrogens is 4. The van der Waals surface area contributed by atoms with Crippen molar-refractivity contribution in [3.63, 3.8) is 0 Å². The quantitative estimate of drug-likeness (QED) is 0.285. The zero-order valence-electron chi connectivity index (χ0n) is 25.4. The van der Waals surface area contributed by atoms with Gasteiger partial charge in [-0.1, -0.05) is 30.3 Å². The molecular formula is C32H32F3N7O5. The van der Waals surface area contributed by atoms with Crippen molar-refractivity contribution in [3.05, 3.63) is 88.1 Å². The van der Waals surface area contributed by atoms with Crippen LogP contribution in [-0.2, 0) is 24.1 Å². The fourth-order valence-electron chi connectivity index (χ4n) is 6.32. The molecule has 2 fully saturated rings. The van der Waals surface area contributed by atoms with Crippen molar-refractivity contribution in [2.75, 3.05) is 31.6 Å². The Bertz CT molecular complexity index is 1820. The van der Waals surface area contributed by atoms with Gasteiger partial charge in [-0.05, 0) is 36.6 Å². The number of hydrogen-bond acceptors (Lipinski definition) is 8. The van der Waals surface area contributed by atoms with Gasteiger partial charge in [-0.2, -0.15) is 18.3 Å². The molecule has 0 spiro atoms. The number of benzene rings is 2. The van der Waals surface area contributed by atoms with E-state index < -0.39 is 17.8 Å². The molecule has 4 heterocycles. The number of carboxylic acid groups (broad SMARTS) is 1. The molecule has 2 bridgehead atoms. The highest BCUT2D eigenvalue weighted by atomic mass is 19.4. The van der Waals surface area contributed by atoms with Gasteiger partial charge >= 0.3 is 12.3 Å². The van der Waals surface area contributed by atoms with Crippen LogP contribution in [0.2, 0.25) is 0 Å². The molecule has 6 rings (SSSR count). The number of carbonyl (C=O) groups excluding carboxylic acids is 1. The molecule has 12 nitrogen and oxygen atoms in total. The lowest BCUT2D eigenvalue weighted by Crippen LogP contribution is -2.56. The number of halogens is 3. The Hall–Kier alpha value is -5.21. The molecule has 2 unspecified atom stereocenters. The summed E-state index contributed by atoms with van der Waals surface area (Å²) in [6, 6.07) is 13.7. The van der Waals surface area contributed by atoms with E-state index in [1.165, 1.54) is 4.68 Å². The fraction of sp³-hybridized carbons (Fsp3) is 0.375. The van der Waals surface area contributed by atoms with Crippen molar-refractivity contribution in [1.82, 2.24) is 29.5 Å². The van der Waals surface area contributed by atoms with Crippen LogP contribution < -0.4 is 15.2 Å². The van der Waals surface area contributed by atoms with Crippen molar-refractivity contribution < 1.29 is 32.6 Å². The molecule has 2 atom stereocenters. The van der Waals surface area contributed by atoms with E-state index >= 15 is 0 Å². The molecule has 2 aliphatic heterocycles. The Morgan fingerprint density at radius 2 is 1.64 bits per heavy atom. The molecule has 47 heavy (non-hydrogen) atoms. The summed E-state index contributed by atoms with van der Waals surface area (Å²) in [5.74, 6) is 0.633. The molecule has 0 saturated carbocycles. The number of rotatable bonds is 9. The van der Waals surface area contributed by atoms with Crippen LogP contribution in [-0.4, -0.2) is 85.5 Å². The molecule has 4 aromatic rings. The number of nitrogens with zero attached hydrogens (tertiary/aromatic N) is 7. The van der Waals surface area contributed by atoms with E-state index in [-0.39, 0.29) is 55.6 Å². The number of anilines is 1. The highest BCUT2D eigenvalue weighted by molar-refractivity contribution is 5.84. The Morgan fingerprint density at radius 3 is 2.23 bits per heavy atom. The first-order valence-corrected chi connectivity index (χ1v) is 15.1. The largest absolute Gasteiger partial charge is 0.497 e. The topological polar surface area (TPSA) is 134 Å². The summed E-state index contributed by atoms with van der Waals surface area (Å²) < 4.78 is 45.3. The summed E-state index contributed by atoms with van der Waals surface area (Å²) in [7, 11) is 1.56. The molecule has 2 aliphatic rings. The molecule has 2 amide bonds. The van der Waals surface area contributed by atoms with Crippen LogP contribution >= 0.6 is 0 Å². The van der Waals surface area contributed by atoms with E-state index in [9.17, 15) is 32.7 Å². The maximum Gasteiger partial charge on any atom is 0.419 e. The third-order valence-corrected chi connectivity index (χ3v) is 8.66. The third kappa shape index (κ3) is 6.69. The lowest BCUT2D eigenvalue weighted by atomic mass is 10.1. The molecule has 0 aliphatic carbocycles. The average molecular weight is 652 g/mol. The van der Waals surface area contributed by atoms with E-state index in [2.05, 4.69) is 15.1 Å². The highest BCUT2D eigenvalue weighted by Crippen LogP contribution is 2.33. The third-order valence-electron chi connectivity index (χ3n) is 8.66. The first kappa shape index (κ1) is 31.8. The predicted molar refractivity (Wildman–Crippen MR) is 164 cm³/mol. The Labute approximate surface area is 267 Å². The van der Waals surface area contributed by atoms with Gasteiger partial charge in [-0.15, -0.1) is 0 Å². The van der Waals surface area contributed by atoms with Gasteiger partial charge in [0.2, 0.25) is 11.9 Å². The number of amides is 2. The monoisotopic (exact) mass is 651 g/mol. The zero-order chi connectivity index (χ0) is 33.3. The first-order chi connectivity index (χ1) is 22.5. The van der Waals surface area contributed by atoms with Crippen molar-refractivity contribution in [3.8, 4) is 5.75 Å². The molecule has 246 valence electrons. The minimum absolute atomic E-state index is 0.0699. The average Bonchev–Trinajstić information content (AvgIpc) is 3.33. The maximum absolute atomic E-state index is 13.5. The molecule has 2 aromatic carbocycles. The van der Waals surface area contributed by atoms with Crippen molar-refractivity contribution >= 4 is 28.7 Å².